The lowest BCUT2D eigenvalue weighted by Crippen LogP contribution is -2.35. The summed E-state index contributed by atoms with van der Waals surface area (Å²) in [6.45, 7) is 2.28. The lowest BCUT2D eigenvalue weighted by molar-refractivity contribution is 0.184. The van der Waals surface area contributed by atoms with Gasteiger partial charge in [0.15, 0.2) is 0 Å². The van der Waals surface area contributed by atoms with Crippen molar-refractivity contribution >= 4 is 0 Å². The SMILES string of the molecule is Cc1ccc(OC[C@@H](Cc2ccccc2)N(C)C)cc1F. The Morgan fingerprint density at radius 1 is 1.10 bits per heavy atom. The Morgan fingerprint density at radius 2 is 1.81 bits per heavy atom. The fourth-order valence-electron chi connectivity index (χ4n) is 2.13. The minimum absolute atomic E-state index is 0.225. The summed E-state index contributed by atoms with van der Waals surface area (Å²) in [5.74, 6) is 0.356. The average Bonchev–Trinajstić information content (AvgIpc) is 2.47. The highest BCUT2D eigenvalue weighted by Crippen LogP contribution is 2.17. The molecule has 0 unspecified atom stereocenters. The van der Waals surface area contributed by atoms with Crippen LogP contribution >= 0.6 is 0 Å². The molecule has 112 valence electrons. The Morgan fingerprint density at radius 3 is 2.43 bits per heavy atom. The molecule has 0 heterocycles. The minimum Gasteiger partial charge on any atom is -0.492 e. The molecule has 0 aliphatic heterocycles. The van der Waals surface area contributed by atoms with E-state index in [9.17, 15) is 4.39 Å². The zero-order valence-electron chi connectivity index (χ0n) is 12.8. The van der Waals surface area contributed by atoms with Crippen molar-refractivity contribution in [1.29, 1.82) is 0 Å². The van der Waals surface area contributed by atoms with E-state index in [1.807, 2.05) is 38.4 Å². The molecular formula is C18H22FNO. The number of hydrogen-bond acceptors (Lipinski definition) is 2. The summed E-state index contributed by atoms with van der Waals surface area (Å²) in [4.78, 5) is 2.14. The minimum atomic E-state index is -0.225. The van der Waals surface area contributed by atoms with Gasteiger partial charge in [-0.25, -0.2) is 4.39 Å². The van der Waals surface area contributed by atoms with Gasteiger partial charge in [0.2, 0.25) is 0 Å². The number of benzene rings is 2. The first kappa shape index (κ1) is 15.5. The van der Waals surface area contributed by atoms with Gasteiger partial charge in [0.25, 0.3) is 0 Å². The summed E-state index contributed by atoms with van der Waals surface area (Å²) in [5, 5.41) is 0. The highest BCUT2D eigenvalue weighted by Gasteiger charge is 2.13. The summed E-state index contributed by atoms with van der Waals surface area (Å²) >= 11 is 0. The van der Waals surface area contributed by atoms with E-state index in [4.69, 9.17) is 4.74 Å². The van der Waals surface area contributed by atoms with Crippen LogP contribution in [-0.2, 0) is 6.42 Å². The molecule has 3 heteroatoms. The number of ether oxygens (including phenoxy) is 1. The zero-order valence-corrected chi connectivity index (χ0v) is 12.8. The maximum atomic E-state index is 13.5. The third-order valence-electron chi connectivity index (χ3n) is 3.63. The lowest BCUT2D eigenvalue weighted by atomic mass is 10.1. The van der Waals surface area contributed by atoms with E-state index in [2.05, 4.69) is 17.0 Å². The summed E-state index contributed by atoms with van der Waals surface area (Å²) in [6, 6.07) is 15.6. The molecule has 0 aliphatic rings. The first-order chi connectivity index (χ1) is 10.1. The van der Waals surface area contributed by atoms with Crippen molar-refractivity contribution in [3.05, 3.63) is 65.5 Å². The Kier molecular flexibility index (Phi) is 5.34. The van der Waals surface area contributed by atoms with Crippen molar-refractivity contribution in [3.63, 3.8) is 0 Å². The average molecular weight is 287 g/mol. The second kappa shape index (κ2) is 7.23. The molecule has 0 radical (unpaired) electrons. The Hall–Kier alpha value is -1.87. The molecule has 0 spiro atoms. The van der Waals surface area contributed by atoms with Crippen molar-refractivity contribution in [2.24, 2.45) is 0 Å². The van der Waals surface area contributed by atoms with Crippen LogP contribution < -0.4 is 4.74 Å². The summed E-state index contributed by atoms with van der Waals surface area (Å²) in [6.07, 6.45) is 0.905. The van der Waals surface area contributed by atoms with E-state index >= 15 is 0 Å². The molecule has 0 saturated heterocycles. The largest absolute Gasteiger partial charge is 0.492 e. The predicted octanol–water partition coefficient (Wildman–Crippen LogP) is 3.69. The standard InChI is InChI=1S/C18H22FNO/c1-14-9-10-17(12-18(14)19)21-13-16(20(2)3)11-15-7-5-4-6-8-15/h4-10,12,16H,11,13H2,1-3H3/t16-/m1/s1. The number of rotatable bonds is 6. The molecule has 2 rings (SSSR count). The van der Waals surface area contributed by atoms with Crippen LogP contribution in [0.3, 0.4) is 0 Å². The van der Waals surface area contributed by atoms with Crippen molar-refractivity contribution in [1.82, 2.24) is 4.90 Å². The van der Waals surface area contributed by atoms with Crippen LogP contribution in [0.4, 0.5) is 4.39 Å². The van der Waals surface area contributed by atoms with Crippen LogP contribution in [0.25, 0.3) is 0 Å². The smallest absolute Gasteiger partial charge is 0.129 e. The molecule has 2 nitrogen and oxygen atoms in total. The topological polar surface area (TPSA) is 12.5 Å². The van der Waals surface area contributed by atoms with Crippen LogP contribution in [0.15, 0.2) is 48.5 Å². The van der Waals surface area contributed by atoms with Crippen LogP contribution in [0, 0.1) is 12.7 Å². The maximum absolute atomic E-state index is 13.5. The normalized spacial score (nSPS) is 12.4. The molecule has 0 aromatic heterocycles. The van der Waals surface area contributed by atoms with E-state index in [-0.39, 0.29) is 11.9 Å². The predicted molar refractivity (Wildman–Crippen MR) is 84.3 cm³/mol. The van der Waals surface area contributed by atoms with Crippen molar-refractivity contribution in [2.45, 2.75) is 19.4 Å². The van der Waals surface area contributed by atoms with E-state index in [1.165, 1.54) is 11.6 Å². The van der Waals surface area contributed by atoms with E-state index in [0.29, 0.717) is 17.9 Å². The molecule has 0 bridgehead atoms. The fraction of sp³-hybridized carbons (Fsp3) is 0.333. The summed E-state index contributed by atoms with van der Waals surface area (Å²) in [5.41, 5.74) is 1.91. The van der Waals surface area contributed by atoms with Crippen LogP contribution in [0.1, 0.15) is 11.1 Å². The lowest BCUT2D eigenvalue weighted by Gasteiger charge is -2.24. The van der Waals surface area contributed by atoms with Gasteiger partial charge in [-0.15, -0.1) is 0 Å². The molecule has 0 aliphatic carbocycles. The van der Waals surface area contributed by atoms with Gasteiger partial charge in [-0.2, -0.15) is 0 Å². The van der Waals surface area contributed by atoms with Gasteiger partial charge in [0, 0.05) is 12.1 Å². The Bertz CT molecular complexity index is 569. The number of halogens is 1. The van der Waals surface area contributed by atoms with Gasteiger partial charge in [-0.05, 0) is 44.6 Å². The van der Waals surface area contributed by atoms with E-state index < -0.39 is 0 Å². The molecule has 2 aromatic rings. The van der Waals surface area contributed by atoms with Gasteiger partial charge < -0.3 is 9.64 Å². The molecule has 1 atom stereocenters. The highest BCUT2D eigenvalue weighted by molar-refractivity contribution is 5.28. The van der Waals surface area contributed by atoms with E-state index in [0.717, 1.165) is 6.42 Å². The summed E-state index contributed by atoms with van der Waals surface area (Å²) < 4.78 is 19.3. The third-order valence-corrected chi connectivity index (χ3v) is 3.63. The van der Waals surface area contributed by atoms with Crippen molar-refractivity contribution in [3.8, 4) is 5.75 Å². The Balaban J connectivity index is 1.98. The van der Waals surface area contributed by atoms with Gasteiger partial charge in [0.05, 0.1) is 0 Å². The molecular weight excluding hydrogens is 265 g/mol. The van der Waals surface area contributed by atoms with Crippen LogP contribution in [0.5, 0.6) is 5.75 Å². The Labute approximate surface area is 126 Å². The molecule has 0 amide bonds. The van der Waals surface area contributed by atoms with Crippen molar-refractivity contribution in [2.75, 3.05) is 20.7 Å². The van der Waals surface area contributed by atoms with Crippen LogP contribution in [-0.4, -0.2) is 31.6 Å². The second-order valence-electron chi connectivity index (χ2n) is 5.53. The molecule has 2 aromatic carbocycles. The number of aryl methyl sites for hydroxylation is 1. The quantitative estimate of drug-likeness (QED) is 0.803. The van der Waals surface area contributed by atoms with E-state index in [1.54, 1.807) is 13.0 Å². The first-order valence-corrected chi connectivity index (χ1v) is 7.15. The number of nitrogens with zero attached hydrogens (tertiary/aromatic N) is 1. The third kappa shape index (κ3) is 4.57. The van der Waals surface area contributed by atoms with Gasteiger partial charge in [-0.3, -0.25) is 0 Å². The number of hydrogen-bond donors (Lipinski definition) is 0. The second-order valence-corrected chi connectivity index (χ2v) is 5.53. The monoisotopic (exact) mass is 287 g/mol. The summed E-state index contributed by atoms with van der Waals surface area (Å²) in [7, 11) is 4.07. The molecule has 0 saturated carbocycles. The highest BCUT2D eigenvalue weighted by atomic mass is 19.1. The zero-order chi connectivity index (χ0) is 15.2. The van der Waals surface area contributed by atoms with Crippen LogP contribution in [0.2, 0.25) is 0 Å². The maximum Gasteiger partial charge on any atom is 0.129 e. The fourth-order valence-corrected chi connectivity index (χ4v) is 2.13. The van der Waals surface area contributed by atoms with Gasteiger partial charge >= 0.3 is 0 Å². The van der Waals surface area contributed by atoms with Gasteiger partial charge in [0.1, 0.15) is 18.2 Å². The number of likely N-dealkylation sites (N-methyl/N-ethyl adjacent to an activating group) is 1. The van der Waals surface area contributed by atoms with Gasteiger partial charge in [-0.1, -0.05) is 36.4 Å². The first-order valence-electron chi connectivity index (χ1n) is 7.15. The molecule has 0 N–H and O–H groups in total. The molecule has 0 fully saturated rings. The molecule has 21 heavy (non-hydrogen) atoms. The van der Waals surface area contributed by atoms with Crippen molar-refractivity contribution < 1.29 is 9.13 Å².